The summed E-state index contributed by atoms with van der Waals surface area (Å²) in [5.74, 6) is 0.138. The minimum absolute atomic E-state index is 0.0154. The Morgan fingerprint density at radius 1 is 1.50 bits per heavy atom. The molecule has 0 aromatic heterocycles. The van der Waals surface area contributed by atoms with E-state index < -0.39 is 0 Å². The van der Waals surface area contributed by atoms with Gasteiger partial charge in [0.2, 0.25) is 0 Å². The number of carbonyl (C=O) groups is 2. The summed E-state index contributed by atoms with van der Waals surface area (Å²) in [6.07, 6.45) is 0. The van der Waals surface area contributed by atoms with E-state index in [2.05, 4.69) is 10.6 Å². The van der Waals surface area contributed by atoms with E-state index in [1.807, 2.05) is 13.8 Å². The smallest absolute Gasteiger partial charge is 0.262 e. The number of aliphatic hydroxyl groups is 1. The molecule has 6 heteroatoms. The fourth-order valence-corrected chi connectivity index (χ4v) is 1.90. The Labute approximate surface area is 117 Å². The fraction of sp³-hybridized carbons (Fsp3) is 0.429. The first-order valence-corrected chi connectivity index (χ1v) is 6.49. The van der Waals surface area contributed by atoms with Crippen LogP contribution in [-0.4, -0.2) is 36.2 Å². The third-order valence-corrected chi connectivity index (χ3v) is 3.19. The Morgan fingerprint density at radius 3 is 2.90 bits per heavy atom. The largest absolute Gasteiger partial charge is 0.482 e. The van der Waals surface area contributed by atoms with E-state index in [0.29, 0.717) is 17.0 Å². The molecule has 1 aromatic carbocycles. The second-order valence-electron chi connectivity index (χ2n) is 5.05. The van der Waals surface area contributed by atoms with Gasteiger partial charge in [0.05, 0.1) is 18.3 Å². The Balaban J connectivity index is 2.15. The number of amides is 2. The van der Waals surface area contributed by atoms with Crippen LogP contribution in [0.2, 0.25) is 0 Å². The molecule has 6 nitrogen and oxygen atoms in total. The van der Waals surface area contributed by atoms with Gasteiger partial charge < -0.3 is 20.5 Å². The van der Waals surface area contributed by atoms with Gasteiger partial charge in [0.25, 0.3) is 11.8 Å². The van der Waals surface area contributed by atoms with Crippen LogP contribution in [0.3, 0.4) is 0 Å². The monoisotopic (exact) mass is 278 g/mol. The molecule has 3 N–H and O–H groups in total. The summed E-state index contributed by atoms with van der Waals surface area (Å²) in [7, 11) is 0. The fourth-order valence-electron chi connectivity index (χ4n) is 1.90. The summed E-state index contributed by atoms with van der Waals surface area (Å²) in [6, 6.07) is 4.54. The van der Waals surface area contributed by atoms with E-state index in [0.717, 1.165) is 0 Å². The van der Waals surface area contributed by atoms with E-state index in [4.69, 9.17) is 4.74 Å². The molecule has 0 spiro atoms. The number of ether oxygens (including phenoxy) is 1. The summed E-state index contributed by atoms with van der Waals surface area (Å²) in [5, 5.41) is 14.6. The van der Waals surface area contributed by atoms with Crippen molar-refractivity contribution in [1.29, 1.82) is 0 Å². The standard InChI is InChI=1S/C14H18N2O4/c1-8(2)11(6-17)16-14(19)9-3-4-12-10(5-9)15-13(18)7-20-12/h3-5,8,11,17H,6-7H2,1-2H3,(H,15,18)(H,16,19)/t11-/m1/s1. The molecule has 0 saturated heterocycles. The van der Waals surface area contributed by atoms with Crippen molar-refractivity contribution in [3.8, 4) is 5.75 Å². The number of benzene rings is 1. The van der Waals surface area contributed by atoms with Crippen molar-refractivity contribution in [3.63, 3.8) is 0 Å². The second-order valence-corrected chi connectivity index (χ2v) is 5.05. The van der Waals surface area contributed by atoms with Gasteiger partial charge in [-0.15, -0.1) is 0 Å². The first-order valence-electron chi connectivity index (χ1n) is 6.49. The van der Waals surface area contributed by atoms with Gasteiger partial charge in [0.15, 0.2) is 6.61 Å². The Hall–Kier alpha value is -2.08. The van der Waals surface area contributed by atoms with Crippen LogP contribution in [-0.2, 0) is 4.79 Å². The number of carbonyl (C=O) groups excluding carboxylic acids is 2. The van der Waals surface area contributed by atoms with Crippen LogP contribution in [0.15, 0.2) is 18.2 Å². The van der Waals surface area contributed by atoms with E-state index in [1.54, 1.807) is 18.2 Å². The summed E-state index contributed by atoms with van der Waals surface area (Å²) in [5.41, 5.74) is 0.896. The number of hydrogen-bond donors (Lipinski definition) is 3. The maximum atomic E-state index is 12.1. The molecular formula is C14H18N2O4. The van der Waals surface area contributed by atoms with Gasteiger partial charge in [0.1, 0.15) is 5.75 Å². The molecule has 0 saturated carbocycles. The van der Waals surface area contributed by atoms with E-state index in [1.165, 1.54) is 0 Å². The predicted molar refractivity (Wildman–Crippen MR) is 73.7 cm³/mol. The molecule has 0 unspecified atom stereocenters. The average molecular weight is 278 g/mol. The van der Waals surface area contributed by atoms with Crippen LogP contribution in [0.1, 0.15) is 24.2 Å². The highest BCUT2D eigenvalue weighted by Gasteiger charge is 2.20. The molecule has 1 aliphatic rings. The molecule has 20 heavy (non-hydrogen) atoms. The van der Waals surface area contributed by atoms with Crippen molar-refractivity contribution < 1.29 is 19.4 Å². The minimum atomic E-state index is -0.302. The lowest BCUT2D eigenvalue weighted by atomic mass is 10.0. The van der Waals surface area contributed by atoms with Gasteiger partial charge >= 0.3 is 0 Å². The van der Waals surface area contributed by atoms with Crippen molar-refractivity contribution in [3.05, 3.63) is 23.8 Å². The zero-order valence-corrected chi connectivity index (χ0v) is 11.5. The SMILES string of the molecule is CC(C)[C@@H](CO)NC(=O)c1ccc2c(c1)NC(=O)CO2. The number of nitrogens with one attached hydrogen (secondary N) is 2. The van der Waals surface area contributed by atoms with E-state index >= 15 is 0 Å². The number of aliphatic hydroxyl groups excluding tert-OH is 1. The van der Waals surface area contributed by atoms with Crippen LogP contribution in [0.5, 0.6) is 5.75 Å². The zero-order chi connectivity index (χ0) is 14.7. The number of hydrogen-bond acceptors (Lipinski definition) is 4. The number of rotatable bonds is 4. The molecule has 1 atom stereocenters. The van der Waals surface area contributed by atoms with Gasteiger partial charge in [-0.25, -0.2) is 0 Å². The van der Waals surface area contributed by atoms with Gasteiger partial charge in [-0.1, -0.05) is 13.8 Å². The third kappa shape index (κ3) is 3.08. The zero-order valence-electron chi connectivity index (χ0n) is 11.5. The summed E-state index contributed by atoms with van der Waals surface area (Å²) >= 11 is 0. The molecule has 0 fully saturated rings. The van der Waals surface area contributed by atoms with Crippen molar-refractivity contribution >= 4 is 17.5 Å². The summed E-state index contributed by atoms with van der Waals surface area (Å²) < 4.78 is 5.23. The van der Waals surface area contributed by atoms with Crippen molar-refractivity contribution in [2.24, 2.45) is 5.92 Å². The molecule has 0 radical (unpaired) electrons. The lowest BCUT2D eigenvalue weighted by molar-refractivity contribution is -0.118. The maximum Gasteiger partial charge on any atom is 0.262 e. The van der Waals surface area contributed by atoms with Crippen molar-refractivity contribution in [2.45, 2.75) is 19.9 Å². The lowest BCUT2D eigenvalue weighted by Crippen LogP contribution is -2.41. The highest BCUT2D eigenvalue weighted by molar-refractivity contribution is 5.99. The second kappa shape index (κ2) is 5.92. The van der Waals surface area contributed by atoms with Crippen LogP contribution in [0.25, 0.3) is 0 Å². The van der Waals surface area contributed by atoms with Gasteiger partial charge in [-0.2, -0.15) is 0 Å². The van der Waals surface area contributed by atoms with Crippen LogP contribution < -0.4 is 15.4 Å². The predicted octanol–water partition coefficient (Wildman–Crippen LogP) is 0.764. The Kier molecular flexibility index (Phi) is 4.24. The molecule has 1 heterocycles. The van der Waals surface area contributed by atoms with Crippen molar-refractivity contribution in [1.82, 2.24) is 5.32 Å². The number of anilines is 1. The van der Waals surface area contributed by atoms with Crippen LogP contribution in [0, 0.1) is 5.92 Å². The summed E-state index contributed by atoms with van der Waals surface area (Å²) in [4.78, 5) is 23.4. The molecule has 1 aliphatic heterocycles. The highest BCUT2D eigenvalue weighted by atomic mass is 16.5. The normalized spacial score (nSPS) is 15.1. The van der Waals surface area contributed by atoms with Crippen LogP contribution >= 0.6 is 0 Å². The first kappa shape index (κ1) is 14.3. The molecule has 1 aromatic rings. The average Bonchev–Trinajstić information content (AvgIpc) is 2.43. The molecule has 0 aliphatic carbocycles. The minimum Gasteiger partial charge on any atom is -0.482 e. The molecular weight excluding hydrogens is 260 g/mol. The maximum absolute atomic E-state index is 12.1. The first-order chi connectivity index (χ1) is 9.51. The van der Waals surface area contributed by atoms with Gasteiger partial charge in [-0.3, -0.25) is 9.59 Å². The molecule has 0 bridgehead atoms. The van der Waals surface area contributed by atoms with E-state index in [9.17, 15) is 14.7 Å². The highest BCUT2D eigenvalue weighted by Crippen LogP contribution is 2.28. The quantitative estimate of drug-likeness (QED) is 0.759. The molecule has 2 amide bonds. The van der Waals surface area contributed by atoms with Gasteiger partial charge in [-0.05, 0) is 24.1 Å². The van der Waals surface area contributed by atoms with Gasteiger partial charge in [0, 0.05) is 5.56 Å². The molecule has 108 valence electrons. The van der Waals surface area contributed by atoms with Crippen LogP contribution in [0.4, 0.5) is 5.69 Å². The number of fused-ring (bicyclic) bond motifs is 1. The Morgan fingerprint density at radius 2 is 2.25 bits per heavy atom. The van der Waals surface area contributed by atoms with Crippen molar-refractivity contribution in [2.75, 3.05) is 18.5 Å². The topological polar surface area (TPSA) is 87.7 Å². The summed E-state index contributed by atoms with van der Waals surface area (Å²) in [6.45, 7) is 3.71. The lowest BCUT2D eigenvalue weighted by Gasteiger charge is -2.21. The third-order valence-electron chi connectivity index (χ3n) is 3.19. The molecule has 2 rings (SSSR count). The van der Waals surface area contributed by atoms with E-state index in [-0.39, 0.29) is 37.0 Å². The Bertz CT molecular complexity index is 528.